The van der Waals surface area contributed by atoms with Crippen LogP contribution in [0.4, 0.5) is 4.39 Å². The molecule has 2 nitrogen and oxygen atoms in total. The number of amidine groups is 1. The van der Waals surface area contributed by atoms with Crippen LogP contribution in [0.25, 0.3) is 0 Å². The predicted molar refractivity (Wildman–Crippen MR) is 45.1 cm³/mol. The highest BCUT2D eigenvalue weighted by atomic mass is 79.9. The van der Waals surface area contributed by atoms with Crippen LogP contribution >= 0.6 is 15.9 Å². The van der Waals surface area contributed by atoms with Crippen LogP contribution < -0.4 is 5.73 Å². The Hall–Kier alpha value is -0.900. The molecule has 0 saturated heterocycles. The normalized spacial score (nSPS) is 9.64. The van der Waals surface area contributed by atoms with Crippen molar-refractivity contribution in [1.82, 2.24) is 0 Å². The molecule has 0 aliphatic heterocycles. The average Bonchev–Trinajstić information content (AvgIpc) is 1.85. The summed E-state index contributed by atoms with van der Waals surface area (Å²) in [6.07, 6.45) is 0. The van der Waals surface area contributed by atoms with E-state index in [2.05, 4.69) is 15.9 Å². The molecule has 0 heterocycles. The van der Waals surface area contributed by atoms with E-state index in [4.69, 9.17) is 11.1 Å². The van der Waals surface area contributed by atoms with Gasteiger partial charge in [0.15, 0.2) is 0 Å². The van der Waals surface area contributed by atoms with Gasteiger partial charge in [0.25, 0.3) is 0 Å². The molecule has 1 rings (SSSR count). The van der Waals surface area contributed by atoms with Crippen molar-refractivity contribution >= 4 is 21.8 Å². The Labute approximate surface area is 71.9 Å². The number of nitrogen functional groups attached to an aromatic ring is 1. The summed E-state index contributed by atoms with van der Waals surface area (Å²) < 4.78 is 13.4. The van der Waals surface area contributed by atoms with Crippen LogP contribution in [0.2, 0.25) is 0 Å². The fourth-order valence-corrected chi connectivity index (χ4v) is 1.31. The number of nitrogens with two attached hydrogens (primary N) is 1. The van der Waals surface area contributed by atoms with Crippen molar-refractivity contribution in [2.75, 3.05) is 0 Å². The number of halogens is 2. The first kappa shape index (κ1) is 8.20. The quantitative estimate of drug-likeness (QED) is 0.547. The topological polar surface area (TPSA) is 49.9 Å². The summed E-state index contributed by atoms with van der Waals surface area (Å²) in [5.74, 6) is -0.748. The largest absolute Gasteiger partial charge is 0.384 e. The van der Waals surface area contributed by atoms with Gasteiger partial charge in [0.05, 0.1) is 5.56 Å². The molecule has 0 radical (unpaired) electrons. The van der Waals surface area contributed by atoms with Gasteiger partial charge in [-0.15, -0.1) is 0 Å². The Morgan fingerprint density at radius 2 is 2.18 bits per heavy atom. The molecule has 0 spiro atoms. The fourth-order valence-electron chi connectivity index (χ4n) is 0.755. The standard InChI is InChI=1S/C7H6BrFN2/c8-4-2-1-3-5(9)6(4)7(10)11/h1-3H,(H3,10,11). The van der Waals surface area contributed by atoms with Gasteiger partial charge >= 0.3 is 0 Å². The van der Waals surface area contributed by atoms with Gasteiger partial charge in [0.2, 0.25) is 0 Å². The van der Waals surface area contributed by atoms with Gasteiger partial charge in [-0.25, -0.2) is 4.39 Å². The van der Waals surface area contributed by atoms with Crippen molar-refractivity contribution in [2.24, 2.45) is 5.73 Å². The minimum Gasteiger partial charge on any atom is -0.384 e. The Balaban J connectivity index is 3.32. The Morgan fingerprint density at radius 3 is 2.55 bits per heavy atom. The number of rotatable bonds is 1. The van der Waals surface area contributed by atoms with Crippen LogP contribution in [0, 0.1) is 11.2 Å². The summed E-state index contributed by atoms with van der Waals surface area (Å²) in [5, 5.41) is 7.02. The smallest absolute Gasteiger partial charge is 0.135 e. The molecular weight excluding hydrogens is 211 g/mol. The molecule has 11 heavy (non-hydrogen) atoms. The van der Waals surface area contributed by atoms with Gasteiger partial charge < -0.3 is 5.73 Å². The third-order valence-electron chi connectivity index (χ3n) is 1.23. The van der Waals surface area contributed by atoms with Crippen LogP contribution in [0.5, 0.6) is 0 Å². The first-order valence-electron chi connectivity index (χ1n) is 2.91. The second kappa shape index (κ2) is 3.00. The molecular formula is C7H6BrFN2. The number of nitrogens with one attached hydrogen (secondary N) is 1. The zero-order valence-corrected chi connectivity index (χ0v) is 7.15. The second-order valence-corrected chi connectivity index (χ2v) is 2.86. The summed E-state index contributed by atoms with van der Waals surface area (Å²) in [4.78, 5) is 0. The fraction of sp³-hybridized carbons (Fsp3) is 0. The van der Waals surface area contributed by atoms with E-state index >= 15 is 0 Å². The van der Waals surface area contributed by atoms with E-state index < -0.39 is 5.82 Å². The van der Waals surface area contributed by atoms with Crippen LogP contribution in [0.1, 0.15) is 5.56 Å². The minimum atomic E-state index is -0.480. The van der Waals surface area contributed by atoms with Crippen molar-refractivity contribution in [3.8, 4) is 0 Å². The lowest BCUT2D eigenvalue weighted by Crippen LogP contribution is -2.13. The maximum atomic E-state index is 12.9. The highest BCUT2D eigenvalue weighted by Crippen LogP contribution is 2.18. The van der Waals surface area contributed by atoms with Crippen LogP contribution in [0.15, 0.2) is 22.7 Å². The molecule has 0 fully saturated rings. The van der Waals surface area contributed by atoms with Gasteiger partial charge in [0.1, 0.15) is 11.7 Å². The zero-order chi connectivity index (χ0) is 8.43. The third-order valence-corrected chi connectivity index (χ3v) is 1.89. The zero-order valence-electron chi connectivity index (χ0n) is 5.57. The van der Waals surface area contributed by atoms with E-state index in [1.807, 2.05) is 0 Å². The van der Waals surface area contributed by atoms with E-state index in [1.165, 1.54) is 6.07 Å². The van der Waals surface area contributed by atoms with Crippen LogP contribution in [0.3, 0.4) is 0 Å². The van der Waals surface area contributed by atoms with Crippen molar-refractivity contribution in [1.29, 1.82) is 5.41 Å². The van der Waals surface area contributed by atoms with Crippen molar-refractivity contribution in [3.05, 3.63) is 34.1 Å². The summed E-state index contributed by atoms with van der Waals surface area (Å²) >= 11 is 3.09. The van der Waals surface area contributed by atoms with Crippen molar-refractivity contribution < 1.29 is 4.39 Å². The first-order valence-corrected chi connectivity index (χ1v) is 3.70. The molecule has 1 aromatic carbocycles. The second-order valence-electron chi connectivity index (χ2n) is 2.01. The Kier molecular flexibility index (Phi) is 2.24. The minimum absolute atomic E-state index is 0.118. The summed E-state index contributed by atoms with van der Waals surface area (Å²) in [7, 11) is 0. The molecule has 1 aromatic rings. The summed E-state index contributed by atoms with van der Waals surface area (Å²) in [5.41, 5.74) is 5.25. The highest BCUT2D eigenvalue weighted by Gasteiger charge is 2.07. The Bertz CT molecular complexity index is 278. The molecule has 4 heteroatoms. The van der Waals surface area contributed by atoms with Crippen molar-refractivity contribution in [2.45, 2.75) is 0 Å². The van der Waals surface area contributed by atoms with Gasteiger partial charge in [-0.3, -0.25) is 5.41 Å². The predicted octanol–water partition coefficient (Wildman–Crippen LogP) is 1.87. The lowest BCUT2D eigenvalue weighted by atomic mass is 10.2. The first-order chi connectivity index (χ1) is 5.13. The average molecular weight is 217 g/mol. The molecule has 0 atom stereocenters. The monoisotopic (exact) mass is 216 g/mol. The van der Waals surface area contributed by atoms with Gasteiger partial charge in [-0.05, 0) is 28.1 Å². The van der Waals surface area contributed by atoms with E-state index in [0.29, 0.717) is 4.47 Å². The lowest BCUT2D eigenvalue weighted by molar-refractivity contribution is 0.624. The maximum absolute atomic E-state index is 12.9. The number of benzene rings is 1. The van der Waals surface area contributed by atoms with E-state index in [0.717, 1.165) is 0 Å². The van der Waals surface area contributed by atoms with Crippen LogP contribution in [-0.2, 0) is 0 Å². The van der Waals surface area contributed by atoms with Crippen LogP contribution in [-0.4, -0.2) is 5.84 Å². The van der Waals surface area contributed by atoms with E-state index in [-0.39, 0.29) is 11.4 Å². The van der Waals surface area contributed by atoms with Gasteiger partial charge in [-0.1, -0.05) is 6.07 Å². The molecule has 0 aliphatic rings. The van der Waals surface area contributed by atoms with Gasteiger partial charge in [0, 0.05) is 4.47 Å². The maximum Gasteiger partial charge on any atom is 0.135 e. The van der Waals surface area contributed by atoms with E-state index in [9.17, 15) is 4.39 Å². The number of hydrogen-bond acceptors (Lipinski definition) is 1. The molecule has 0 bridgehead atoms. The Morgan fingerprint density at radius 1 is 1.55 bits per heavy atom. The molecule has 0 unspecified atom stereocenters. The molecule has 0 saturated carbocycles. The number of hydrogen-bond donors (Lipinski definition) is 2. The lowest BCUT2D eigenvalue weighted by Gasteiger charge is -2.01. The summed E-state index contributed by atoms with van der Waals surface area (Å²) in [6, 6.07) is 4.45. The highest BCUT2D eigenvalue weighted by molar-refractivity contribution is 9.10. The van der Waals surface area contributed by atoms with E-state index in [1.54, 1.807) is 12.1 Å². The molecule has 0 aliphatic carbocycles. The molecule has 3 N–H and O–H groups in total. The van der Waals surface area contributed by atoms with Crippen molar-refractivity contribution in [3.63, 3.8) is 0 Å². The SMILES string of the molecule is N=C(N)c1c(F)cccc1Br. The third kappa shape index (κ3) is 1.57. The molecule has 0 amide bonds. The van der Waals surface area contributed by atoms with Gasteiger partial charge in [-0.2, -0.15) is 0 Å². The summed E-state index contributed by atoms with van der Waals surface area (Å²) in [6.45, 7) is 0. The molecule has 0 aromatic heterocycles. The molecule has 58 valence electrons.